The zero-order valence-electron chi connectivity index (χ0n) is 10.7. The number of carbonyl (C=O) groups excluding carboxylic acids is 1. The Labute approximate surface area is 116 Å². The molecule has 0 bridgehead atoms. The third-order valence-corrected chi connectivity index (χ3v) is 2.52. The number of nitrogens with zero attached hydrogens (tertiary/aromatic N) is 1. The molecule has 0 spiro atoms. The first-order chi connectivity index (χ1) is 9.95. The first-order valence-corrected chi connectivity index (χ1v) is 5.84. The van der Waals surface area contributed by atoms with E-state index in [0.717, 1.165) is 16.8 Å². The number of rotatable bonds is 5. The summed E-state index contributed by atoms with van der Waals surface area (Å²) in [5.41, 5.74) is -1.02. The summed E-state index contributed by atoms with van der Waals surface area (Å²) in [4.78, 5) is 44.7. The van der Waals surface area contributed by atoms with Crippen LogP contribution >= 0.6 is 0 Å². The fourth-order valence-electron chi connectivity index (χ4n) is 1.55. The summed E-state index contributed by atoms with van der Waals surface area (Å²) in [6, 6.07) is 4.80. The lowest BCUT2D eigenvalue weighted by molar-refractivity contribution is -0.122. The Morgan fingerprint density at radius 2 is 2.00 bits per heavy atom. The zero-order valence-corrected chi connectivity index (χ0v) is 10.7. The number of carboxylic acids is 1. The summed E-state index contributed by atoms with van der Waals surface area (Å²) < 4.78 is 5.81. The second kappa shape index (κ2) is 5.90. The van der Waals surface area contributed by atoms with Gasteiger partial charge in [-0.15, -0.1) is 0 Å². The quantitative estimate of drug-likeness (QED) is 0.657. The van der Waals surface area contributed by atoms with E-state index in [-0.39, 0.29) is 24.6 Å². The van der Waals surface area contributed by atoms with E-state index in [9.17, 15) is 19.2 Å². The smallest absolute Gasteiger partial charge is 0.371 e. The first-order valence-electron chi connectivity index (χ1n) is 5.84. The predicted octanol–water partition coefficient (Wildman–Crippen LogP) is -0.856. The highest BCUT2D eigenvalue weighted by atomic mass is 16.4. The van der Waals surface area contributed by atoms with Crippen LogP contribution in [-0.2, 0) is 17.9 Å². The number of H-pyrrole nitrogens is 1. The first kappa shape index (κ1) is 14.3. The van der Waals surface area contributed by atoms with Crippen LogP contribution in [0.3, 0.4) is 0 Å². The summed E-state index contributed by atoms with van der Waals surface area (Å²) in [7, 11) is 0. The van der Waals surface area contributed by atoms with Crippen molar-refractivity contribution in [3.8, 4) is 0 Å². The van der Waals surface area contributed by atoms with Gasteiger partial charge in [-0.05, 0) is 12.1 Å². The van der Waals surface area contributed by atoms with E-state index in [0.29, 0.717) is 0 Å². The summed E-state index contributed by atoms with van der Waals surface area (Å²) in [5.74, 6) is -1.72. The summed E-state index contributed by atoms with van der Waals surface area (Å²) in [6.07, 6.45) is 0. The lowest BCUT2D eigenvalue weighted by atomic mass is 10.4. The van der Waals surface area contributed by atoms with E-state index in [1.165, 1.54) is 12.1 Å². The molecule has 0 aliphatic rings. The second-order valence-electron chi connectivity index (χ2n) is 4.08. The number of nitrogens with one attached hydrogen (secondary N) is 2. The van der Waals surface area contributed by atoms with E-state index < -0.39 is 23.0 Å². The summed E-state index contributed by atoms with van der Waals surface area (Å²) >= 11 is 0. The standard InChI is InChI=1S/C12H11N3O6/c16-9-3-4-11(18)15(14-9)6-10(17)13-5-7-1-2-8(21-7)12(19)20/h1-4H,5-6H2,(H,13,17)(H,14,16)(H,19,20). The van der Waals surface area contributed by atoms with Crippen molar-refractivity contribution in [3.63, 3.8) is 0 Å². The molecular formula is C12H11N3O6. The van der Waals surface area contributed by atoms with Crippen molar-refractivity contribution in [2.75, 3.05) is 0 Å². The normalized spacial score (nSPS) is 10.3. The van der Waals surface area contributed by atoms with Gasteiger partial charge in [0.2, 0.25) is 11.7 Å². The van der Waals surface area contributed by atoms with Crippen molar-refractivity contribution in [2.45, 2.75) is 13.1 Å². The molecule has 2 aromatic heterocycles. The highest BCUT2D eigenvalue weighted by molar-refractivity contribution is 5.84. The van der Waals surface area contributed by atoms with Gasteiger partial charge in [0.15, 0.2) is 0 Å². The van der Waals surface area contributed by atoms with Crippen molar-refractivity contribution in [1.29, 1.82) is 0 Å². The van der Waals surface area contributed by atoms with Gasteiger partial charge in [-0.2, -0.15) is 0 Å². The van der Waals surface area contributed by atoms with Crippen molar-refractivity contribution in [3.05, 3.63) is 56.5 Å². The maximum absolute atomic E-state index is 11.6. The van der Waals surface area contributed by atoms with Gasteiger partial charge in [0, 0.05) is 12.1 Å². The average Bonchev–Trinajstić information content (AvgIpc) is 2.90. The Hall–Kier alpha value is -3.10. The van der Waals surface area contributed by atoms with Crippen molar-refractivity contribution in [1.82, 2.24) is 15.1 Å². The SMILES string of the molecule is O=C(Cn1[nH]c(=O)ccc1=O)NCc1ccc(C(=O)O)o1. The number of carbonyl (C=O) groups is 2. The number of amides is 1. The number of aromatic nitrogens is 2. The largest absolute Gasteiger partial charge is 0.475 e. The highest BCUT2D eigenvalue weighted by Crippen LogP contribution is 2.07. The Morgan fingerprint density at radius 3 is 2.67 bits per heavy atom. The fourth-order valence-corrected chi connectivity index (χ4v) is 1.55. The van der Waals surface area contributed by atoms with Crippen LogP contribution < -0.4 is 16.4 Å². The molecule has 0 unspecified atom stereocenters. The van der Waals surface area contributed by atoms with E-state index >= 15 is 0 Å². The molecule has 1 amide bonds. The van der Waals surface area contributed by atoms with Crippen LogP contribution in [0.4, 0.5) is 0 Å². The van der Waals surface area contributed by atoms with E-state index in [1.807, 2.05) is 0 Å². The van der Waals surface area contributed by atoms with Gasteiger partial charge in [0.1, 0.15) is 12.3 Å². The fraction of sp³-hybridized carbons (Fsp3) is 0.167. The molecule has 3 N–H and O–H groups in total. The van der Waals surface area contributed by atoms with Crippen molar-refractivity contribution in [2.24, 2.45) is 0 Å². The van der Waals surface area contributed by atoms with Crippen LogP contribution in [0.5, 0.6) is 0 Å². The Kier molecular flexibility index (Phi) is 4.02. The molecular weight excluding hydrogens is 282 g/mol. The second-order valence-corrected chi connectivity index (χ2v) is 4.08. The minimum absolute atomic E-state index is 0.0298. The molecule has 0 saturated heterocycles. The monoisotopic (exact) mass is 293 g/mol. The molecule has 0 saturated carbocycles. The molecule has 9 heteroatoms. The summed E-state index contributed by atoms with van der Waals surface area (Å²) in [5, 5.41) is 13.3. The Morgan fingerprint density at radius 1 is 1.24 bits per heavy atom. The molecule has 0 aromatic carbocycles. The zero-order chi connectivity index (χ0) is 15.4. The number of carboxylic acid groups (broad SMARTS) is 1. The van der Waals surface area contributed by atoms with Crippen LogP contribution in [0.15, 0.2) is 38.3 Å². The molecule has 0 atom stereocenters. The molecule has 0 radical (unpaired) electrons. The minimum Gasteiger partial charge on any atom is -0.475 e. The number of aromatic amines is 1. The van der Waals surface area contributed by atoms with E-state index in [2.05, 4.69) is 10.4 Å². The van der Waals surface area contributed by atoms with Crippen LogP contribution in [0.2, 0.25) is 0 Å². The number of aromatic carboxylic acids is 1. The van der Waals surface area contributed by atoms with E-state index in [4.69, 9.17) is 9.52 Å². The molecule has 0 aliphatic heterocycles. The molecule has 110 valence electrons. The van der Waals surface area contributed by atoms with Gasteiger partial charge in [-0.1, -0.05) is 0 Å². The molecule has 21 heavy (non-hydrogen) atoms. The molecule has 2 heterocycles. The lowest BCUT2D eigenvalue weighted by Crippen LogP contribution is -2.35. The minimum atomic E-state index is -1.21. The number of furan rings is 1. The highest BCUT2D eigenvalue weighted by Gasteiger charge is 2.10. The van der Waals surface area contributed by atoms with Crippen LogP contribution in [0, 0.1) is 0 Å². The molecule has 9 nitrogen and oxygen atoms in total. The van der Waals surface area contributed by atoms with Crippen LogP contribution in [-0.4, -0.2) is 26.8 Å². The van der Waals surface area contributed by atoms with Gasteiger partial charge < -0.3 is 14.8 Å². The van der Waals surface area contributed by atoms with Crippen molar-refractivity contribution >= 4 is 11.9 Å². The van der Waals surface area contributed by atoms with Crippen LogP contribution in [0.25, 0.3) is 0 Å². The average molecular weight is 293 g/mol. The topological polar surface area (TPSA) is 134 Å². The van der Waals surface area contributed by atoms with Gasteiger partial charge in [-0.25, -0.2) is 9.48 Å². The maximum Gasteiger partial charge on any atom is 0.371 e. The molecule has 0 fully saturated rings. The number of hydrogen-bond donors (Lipinski definition) is 3. The Balaban J connectivity index is 1.95. The molecule has 2 rings (SSSR count). The van der Waals surface area contributed by atoms with Gasteiger partial charge >= 0.3 is 5.97 Å². The maximum atomic E-state index is 11.6. The third kappa shape index (κ3) is 3.69. The van der Waals surface area contributed by atoms with E-state index in [1.54, 1.807) is 0 Å². The van der Waals surface area contributed by atoms with Crippen LogP contribution in [0.1, 0.15) is 16.3 Å². The molecule has 2 aromatic rings. The Bertz CT molecular complexity index is 785. The number of hydrogen-bond acceptors (Lipinski definition) is 5. The summed E-state index contributed by atoms with van der Waals surface area (Å²) in [6.45, 7) is -0.390. The van der Waals surface area contributed by atoms with Gasteiger partial charge in [0.05, 0.1) is 6.54 Å². The predicted molar refractivity (Wildman–Crippen MR) is 68.8 cm³/mol. The van der Waals surface area contributed by atoms with Gasteiger partial charge in [0.25, 0.3) is 11.1 Å². The third-order valence-electron chi connectivity index (χ3n) is 2.52. The van der Waals surface area contributed by atoms with Gasteiger partial charge in [-0.3, -0.25) is 19.5 Å². The van der Waals surface area contributed by atoms with Crippen molar-refractivity contribution < 1.29 is 19.1 Å². The lowest BCUT2D eigenvalue weighted by Gasteiger charge is -2.05. The molecule has 0 aliphatic carbocycles.